The van der Waals surface area contributed by atoms with Crippen LogP contribution in [0.25, 0.3) is 0 Å². The van der Waals surface area contributed by atoms with Gasteiger partial charge >= 0.3 is 15.6 Å². The van der Waals surface area contributed by atoms with Crippen LogP contribution < -0.4 is 0 Å². The van der Waals surface area contributed by atoms with E-state index < -0.39 is 15.6 Å². The van der Waals surface area contributed by atoms with Crippen LogP contribution in [0.3, 0.4) is 0 Å². The molecule has 0 saturated carbocycles. The molecule has 0 spiro atoms. The van der Waals surface area contributed by atoms with Gasteiger partial charge in [-0.15, -0.1) is 0 Å². The van der Waals surface area contributed by atoms with Gasteiger partial charge in [-0.2, -0.15) is 0 Å². The summed E-state index contributed by atoms with van der Waals surface area (Å²) in [7, 11) is -9.28. The van der Waals surface area contributed by atoms with Gasteiger partial charge in [0.2, 0.25) is 0 Å². The Labute approximate surface area is 134 Å². The largest absolute Gasteiger partial charge is 0.466 e. The van der Waals surface area contributed by atoms with Crippen molar-refractivity contribution in [2.75, 3.05) is 0 Å². The molecule has 0 unspecified atom stereocenters. The monoisotopic (exact) mass is 538 g/mol. The zero-order chi connectivity index (χ0) is 9.00. The van der Waals surface area contributed by atoms with Gasteiger partial charge < -0.3 is 29.4 Å². The maximum Gasteiger partial charge on any atom is 0.466 e. The second-order valence-corrected chi connectivity index (χ2v) is 3.08. The van der Waals surface area contributed by atoms with Gasteiger partial charge in [0.15, 0.2) is 0 Å². The van der Waals surface area contributed by atoms with Gasteiger partial charge in [-0.1, -0.05) is 0 Å². The predicted octanol–water partition coefficient (Wildman–Crippen LogP) is -1.86. The van der Waals surface area contributed by atoms with E-state index in [2.05, 4.69) is 0 Å². The number of hydrogen-bond acceptors (Lipinski definition) is 2. The molecule has 0 rings (SSSR count). The second kappa shape index (κ2) is 13.1. The molecule has 0 aromatic carbocycles. The van der Waals surface area contributed by atoms with E-state index in [1.165, 1.54) is 0 Å². The molecule has 0 bridgehead atoms. The number of phosphoric acid groups is 2. The van der Waals surface area contributed by atoms with Crippen LogP contribution in [0.5, 0.6) is 0 Å². The third-order valence-electron chi connectivity index (χ3n) is 0. The van der Waals surface area contributed by atoms with E-state index in [9.17, 15) is 0 Å². The zero-order valence-electron chi connectivity index (χ0n) is 6.52. The molecular weight excluding hydrogens is 527 g/mol. The summed E-state index contributed by atoms with van der Waals surface area (Å²) >= 11 is 0. The van der Waals surface area contributed by atoms with Crippen molar-refractivity contribution in [3.8, 4) is 0 Å². The summed E-state index contributed by atoms with van der Waals surface area (Å²) < 4.78 is 17.8. The zero-order valence-corrected chi connectivity index (χ0v) is 20.4. The Bertz CT molecular complexity index is 130. The smallest absolute Gasteiger partial charge is 0.303 e. The van der Waals surface area contributed by atoms with E-state index in [0.29, 0.717) is 0 Å². The first-order chi connectivity index (χ1) is 4.00. The molecule has 0 amide bonds. The Morgan fingerprint density at radius 1 is 0.538 bits per heavy atom. The Morgan fingerprint density at radius 3 is 0.538 bits per heavy atom. The minimum absolute atomic E-state index is 0. The summed E-state index contributed by atoms with van der Waals surface area (Å²) in [5, 5.41) is 0. The molecule has 6 N–H and O–H groups in total. The molecule has 13 heteroatoms. The normalized spacial score (nSPS) is 9.08. The van der Waals surface area contributed by atoms with Crippen molar-refractivity contribution < 1.29 is 120 Å². The van der Waals surface area contributed by atoms with Crippen LogP contribution in [0.1, 0.15) is 0 Å². The minimum Gasteiger partial charge on any atom is -0.303 e. The average Bonchev–Trinajstić information content (AvgIpc) is 1.12. The van der Waals surface area contributed by atoms with Crippen molar-refractivity contribution in [2.45, 2.75) is 0 Å². The van der Waals surface area contributed by atoms with Gasteiger partial charge in [0.1, 0.15) is 0 Å². The molecule has 0 aromatic rings. The van der Waals surface area contributed by atoms with E-state index in [-0.39, 0.29) is 81.9 Å². The molecule has 0 atom stereocenters. The molecule has 0 aliphatic heterocycles. The first kappa shape index (κ1) is 29.7. The molecule has 13 heavy (non-hydrogen) atoms. The first-order valence-corrected chi connectivity index (χ1v) is 4.70. The van der Waals surface area contributed by atoms with Crippen LogP contribution in [0.15, 0.2) is 0 Å². The summed E-state index contributed by atoms with van der Waals surface area (Å²) in [4.78, 5) is 43.1. The third-order valence-corrected chi connectivity index (χ3v) is 0. The van der Waals surface area contributed by atoms with E-state index in [1.54, 1.807) is 0 Å². The van der Waals surface area contributed by atoms with Gasteiger partial charge in [-0.3, -0.25) is 0 Å². The van der Waals surface area contributed by atoms with Gasteiger partial charge in [0.25, 0.3) is 0 Å². The van der Waals surface area contributed by atoms with E-state index in [4.69, 9.17) is 38.5 Å². The summed E-state index contributed by atoms with van der Waals surface area (Å²) in [6, 6.07) is 0. The molecule has 0 heterocycles. The van der Waals surface area contributed by atoms with Gasteiger partial charge in [-0.25, -0.2) is 9.13 Å². The van der Waals surface area contributed by atoms with Gasteiger partial charge in [-0.05, 0) is 0 Å². The minimum atomic E-state index is -4.64. The molecule has 0 saturated heterocycles. The van der Waals surface area contributed by atoms with Crippen LogP contribution in [0.4, 0.5) is 0 Å². The van der Waals surface area contributed by atoms with Crippen LogP contribution in [-0.2, 0) is 91.0 Å². The fourth-order valence-electron chi connectivity index (χ4n) is 0. The van der Waals surface area contributed by atoms with Crippen LogP contribution in [-0.4, -0.2) is 29.4 Å². The molecule has 8 nitrogen and oxygen atoms in total. The van der Waals surface area contributed by atoms with Crippen LogP contribution in [0.2, 0.25) is 0 Å². The third kappa shape index (κ3) is 283. The molecule has 0 aliphatic carbocycles. The molecule has 70 valence electrons. The number of rotatable bonds is 0. The standard InChI is InChI=1S/3Cd.2H3O4P/c;;;2*1-5(2,3)4/h;;;2*(H3,1,2,3,4). The molecule has 0 radical (unpaired) electrons. The predicted molar refractivity (Wildman–Crippen MR) is 28.5 cm³/mol. The molecule has 0 fully saturated rings. The second-order valence-electron chi connectivity index (χ2n) is 1.03. The summed E-state index contributed by atoms with van der Waals surface area (Å²) in [6.07, 6.45) is 0. The average molecular weight is 533 g/mol. The topological polar surface area (TPSA) is 156 Å². The van der Waals surface area contributed by atoms with Crippen molar-refractivity contribution in [2.24, 2.45) is 0 Å². The van der Waals surface area contributed by atoms with Gasteiger partial charge in [0.05, 0.1) is 0 Å². The Balaban J connectivity index is -0.0000000267. The first-order valence-electron chi connectivity index (χ1n) is 1.57. The van der Waals surface area contributed by atoms with Crippen molar-refractivity contribution in [3.63, 3.8) is 0 Å². The number of hydrogen-bond donors (Lipinski definition) is 6. The summed E-state index contributed by atoms with van der Waals surface area (Å²) in [5.41, 5.74) is 0. The summed E-state index contributed by atoms with van der Waals surface area (Å²) in [5.74, 6) is 0. The maximum atomic E-state index is 8.88. The van der Waals surface area contributed by atoms with Crippen LogP contribution in [0, 0.1) is 0 Å². The van der Waals surface area contributed by atoms with E-state index >= 15 is 0 Å². The molecular formula is H6Cd3O8P2. The SMILES string of the molecule is O=P(O)(O)O.O=P(O)(O)O.[Cd].[Cd].[Cd]. The van der Waals surface area contributed by atoms with Crippen molar-refractivity contribution in [3.05, 3.63) is 0 Å². The van der Waals surface area contributed by atoms with Crippen LogP contribution >= 0.6 is 15.6 Å². The van der Waals surface area contributed by atoms with Gasteiger partial charge in [0, 0.05) is 81.9 Å². The Morgan fingerprint density at radius 2 is 0.538 bits per heavy atom. The fraction of sp³-hybridized carbons (Fsp3) is 0. The summed E-state index contributed by atoms with van der Waals surface area (Å²) in [6.45, 7) is 0. The van der Waals surface area contributed by atoms with Crippen molar-refractivity contribution >= 4 is 15.6 Å². The van der Waals surface area contributed by atoms with E-state index in [0.717, 1.165) is 0 Å². The van der Waals surface area contributed by atoms with E-state index in [1.807, 2.05) is 0 Å². The molecule has 0 aliphatic rings. The Kier molecular flexibility index (Phi) is 29.9. The Hall–Kier alpha value is 2.99. The maximum absolute atomic E-state index is 8.88. The van der Waals surface area contributed by atoms with Crippen molar-refractivity contribution in [1.29, 1.82) is 0 Å². The van der Waals surface area contributed by atoms with Crippen molar-refractivity contribution in [1.82, 2.24) is 0 Å². The molecule has 0 aromatic heterocycles. The quantitative estimate of drug-likeness (QED) is 0.157. The fourth-order valence-corrected chi connectivity index (χ4v) is 0.